The van der Waals surface area contributed by atoms with Gasteiger partial charge < -0.3 is 10.7 Å². The molecule has 0 aromatic carbocycles. The van der Waals surface area contributed by atoms with Crippen molar-refractivity contribution in [1.82, 2.24) is 10.5 Å². The Labute approximate surface area is 84.2 Å². The Kier molecular flexibility index (Phi) is 3.58. The second-order valence-corrected chi connectivity index (χ2v) is 2.61. The van der Waals surface area contributed by atoms with E-state index in [4.69, 9.17) is 5.73 Å². The lowest BCUT2D eigenvalue weighted by molar-refractivity contribution is -0.124. The minimum atomic E-state index is -0.738. The van der Waals surface area contributed by atoms with Gasteiger partial charge in [0, 0.05) is 18.5 Å². The van der Waals surface area contributed by atoms with Gasteiger partial charge >= 0.3 is 0 Å². The van der Waals surface area contributed by atoms with Gasteiger partial charge in [0.1, 0.15) is 5.56 Å². The first-order chi connectivity index (χ1) is 7.11. The lowest BCUT2D eigenvalue weighted by atomic mass is 10.3. The number of carbonyl (C=O) groups is 2. The molecule has 4 N–H and O–H groups in total. The van der Waals surface area contributed by atoms with Gasteiger partial charge in [-0.2, -0.15) is 0 Å². The van der Waals surface area contributed by atoms with Gasteiger partial charge in [-0.15, -0.1) is 0 Å². The van der Waals surface area contributed by atoms with Crippen molar-refractivity contribution in [3.63, 3.8) is 0 Å². The highest BCUT2D eigenvalue weighted by atomic mass is 16.7. The zero-order valence-corrected chi connectivity index (χ0v) is 7.65. The number of pyridine rings is 1. The lowest BCUT2D eigenvalue weighted by Gasteiger charge is -2.02. The number of carbonyl (C=O) groups excluding carboxylic acids is 2. The largest absolute Gasteiger partial charge is 0.368 e. The van der Waals surface area contributed by atoms with Crippen LogP contribution in [0.1, 0.15) is 10.4 Å². The standard InChI is InChI=1S/C8H9N3O4/c9-7(13)4-15-11-8(14)5-3-10-2-1-6(5)12/h1-3H,4H2,(H2,9,13)(H,10,12)(H,11,14). The number of hydrogen-bond acceptors (Lipinski definition) is 4. The molecule has 7 heteroatoms. The van der Waals surface area contributed by atoms with Crippen molar-refractivity contribution in [2.75, 3.05) is 6.61 Å². The summed E-state index contributed by atoms with van der Waals surface area (Å²) in [6, 6.07) is 1.20. The highest BCUT2D eigenvalue weighted by Crippen LogP contribution is 1.87. The van der Waals surface area contributed by atoms with Gasteiger partial charge in [-0.3, -0.25) is 19.2 Å². The molecule has 0 aliphatic rings. The van der Waals surface area contributed by atoms with Crippen LogP contribution >= 0.6 is 0 Å². The fourth-order valence-electron chi connectivity index (χ4n) is 0.821. The van der Waals surface area contributed by atoms with Crippen LogP contribution in [-0.4, -0.2) is 23.4 Å². The Morgan fingerprint density at radius 3 is 2.87 bits per heavy atom. The number of H-pyrrole nitrogens is 1. The normalized spacial score (nSPS) is 9.60. The topological polar surface area (TPSA) is 114 Å². The molecule has 0 spiro atoms. The Bertz CT molecular complexity index is 426. The summed E-state index contributed by atoms with van der Waals surface area (Å²) < 4.78 is 0. The number of nitrogens with one attached hydrogen (secondary N) is 2. The second-order valence-electron chi connectivity index (χ2n) is 2.61. The highest BCUT2D eigenvalue weighted by molar-refractivity contribution is 5.93. The first-order valence-electron chi connectivity index (χ1n) is 3.99. The van der Waals surface area contributed by atoms with E-state index in [-0.39, 0.29) is 5.56 Å². The molecule has 0 saturated carbocycles. The summed E-state index contributed by atoms with van der Waals surface area (Å²) in [6.45, 7) is -0.448. The van der Waals surface area contributed by atoms with Crippen LogP contribution in [0.2, 0.25) is 0 Å². The lowest BCUT2D eigenvalue weighted by Crippen LogP contribution is -2.32. The van der Waals surface area contributed by atoms with Gasteiger partial charge in [0.2, 0.25) is 5.91 Å². The van der Waals surface area contributed by atoms with Crippen LogP contribution in [0.25, 0.3) is 0 Å². The van der Waals surface area contributed by atoms with Gasteiger partial charge in [0.05, 0.1) is 0 Å². The van der Waals surface area contributed by atoms with Crippen LogP contribution in [0.5, 0.6) is 0 Å². The van der Waals surface area contributed by atoms with Crippen molar-refractivity contribution in [3.05, 3.63) is 34.2 Å². The quantitative estimate of drug-likeness (QED) is 0.527. The maximum Gasteiger partial charge on any atom is 0.280 e. The number of amides is 2. The van der Waals surface area contributed by atoms with Gasteiger partial charge in [-0.1, -0.05) is 0 Å². The maximum atomic E-state index is 11.2. The van der Waals surface area contributed by atoms with Crippen molar-refractivity contribution in [1.29, 1.82) is 0 Å². The molecule has 0 saturated heterocycles. The number of nitrogens with two attached hydrogens (primary N) is 1. The molecule has 0 unspecified atom stereocenters. The summed E-state index contributed by atoms with van der Waals surface area (Å²) in [5.74, 6) is -1.46. The molecule has 0 aliphatic heterocycles. The van der Waals surface area contributed by atoms with E-state index in [0.29, 0.717) is 0 Å². The third-order valence-electron chi connectivity index (χ3n) is 1.45. The van der Waals surface area contributed by atoms with E-state index in [2.05, 4.69) is 9.82 Å². The van der Waals surface area contributed by atoms with Gasteiger partial charge in [-0.25, -0.2) is 5.48 Å². The van der Waals surface area contributed by atoms with Crippen LogP contribution in [0, 0.1) is 0 Å². The predicted octanol–water partition coefficient (Wildman–Crippen LogP) is -1.48. The van der Waals surface area contributed by atoms with Gasteiger partial charge in [0.25, 0.3) is 5.91 Å². The van der Waals surface area contributed by atoms with Crippen LogP contribution in [0.3, 0.4) is 0 Å². The first kappa shape index (κ1) is 10.9. The molecular weight excluding hydrogens is 202 g/mol. The van der Waals surface area contributed by atoms with Crippen molar-refractivity contribution in [2.45, 2.75) is 0 Å². The molecular formula is C8H9N3O4. The van der Waals surface area contributed by atoms with E-state index >= 15 is 0 Å². The van der Waals surface area contributed by atoms with Crippen LogP contribution in [0.4, 0.5) is 0 Å². The third-order valence-corrected chi connectivity index (χ3v) is 1.45. The number of aromatic amines is 1. The van der Waals surface area contributed by atoms with Crippen LogP contribution in [-0.2, 0) is 9.63 Å². The molecule has 80 valence electrons. The molecule has 0 aliphatic carbocycles. The summed E-state index contributed by atoms with van der Waals surface area (Å²) in [7, 11) is 0. The summed E-state index contributed by atoms with van der Waals surface area (Å²) >= 11 is 0. The maximum absolute atomic E-state index is 11.2. The summed E-state index contributed by atoms with van der Waals surface area (Å²) in [5.41, 5.74) is 6.12. The Morgan fingerprint density at radius 1 is 1.53 bits per heavy atom. The third kappa shape index (κ3) is 3.24. The molecule has 2 amide bonds. The molecule has 0 fully saturated rings. The van der Waals surface area contributed by atoms with Gasteiger partial charge in [-0.05, 0) is 0 Å². The smallest absolute Gasteiger partial charge is 0.280 e. The molecule has 7 nitrogen and oxygen atoms in total. The van der Waals surface area contributed by atoms with E-state index in [9.17, 15) is 14.4 Å². The average molecular weight is 211 g/mol. The SMILES string of the molecule is NC(=O)CONC(=O)c1c[nH]ccc1=O. The Balaban J connectivity index is 2.58. The van der Waals surface area contributed by atoms with E-state index in [1.165, 1.54) is 18.5 Å². The molecule has 1 aromatic rings. The monoisotopic (exact) mass is 211 g/mol. The van der Waals surface area contributed by atoms with Gasteiger partial charge in [0.15, 0.2) is 12.0 Å². The molecule has 0 atom stereocenters. The summed E-state index contributed by atoms with van der Waals surface area (Å²) in [6.07, 6.45) is 2.62. The zero-order valence-electron chi connectivity index (χ0n) is 7.65. The zero-order chi connectivity index (χ0) is 11.3. The van der Waals surface area contributed by atoms with Crippen molar-refractivity contribution < 1.29 is 14.4 Å². The number of hydroxylamine groups is 1. The van der Waals surface area contributed by atoms with E-state index in [1.54, 1.807) is 0 Å². The average Bonchev–Trinajstić information content (AvgIpc) is 2.17. The molecule has 0 bridgehead atoms. The van der Waals surface area contributed by atoms with Crippen molar-refractivity contribution >= 4 is 11.8 Å². The highest BCUT2D eigenvalue weighted by Gasteiger charge is 2.09. The Morgan fingerprint density at radius 2 is 2.27 bits per heavy atom. The van der Waals surface area contributed by atoms with Crippen molar-refractivity contribution in [2.24, 2.45) is 5.73 Å². The first-order valence-corrected chi connectivity index (χ1v) is 3.99. The fourth-order valence-corrected chi connectivity index (χ4v) is 0.821. The van der Waals surface area contributed by atoms with Crippen LogP contribution < -0.4 is 16.6 Å². The minimum Gasteiger partial charge on any atom is -0.368 e. The fraction of sp³-hybridized carbons (Fsp3) is 0.125. The van der Waals surface area contributed by atoms with E-state index in [0.717, 1.165) is 0 Å². The number of aromatic nitrogens is 1. The molecule has 15 heavy (non-hydrogen) atoms. The van der Waals surface area contributed by atoms with Crippen LogP contribution in [0.15, 0.2) is 23.3 Å². The minimum absolute atomic E-state index is 0.109. The molecule has 1 aromatic heterocycles. The Hall–Kier alpha value is -2.15. The molecule has 1 rings (SSSR count). The predicted molar refractivity (Wildman–Crippen MR) is 49.7 cm³/mol. The van der Waals surface area contributed by atoms with Crippen molar-refractivity contribution in [3.8, 4) is 0 Å². The van der Waals surface area contributed by atoms with E-state index in [1.807, 2.05) is 5.48 Å². The number of hydrogen-bond donors (Lipinski definition) is 3. The number of rotatable bonds is 4. The summed E-state index contributed by atoms with van der Waals surface area (Å²) in [5, 5.41) is 0. The summed E-state index contributed by atoms with van der Waals surface area (Å²) in [4.78, 5) is 39.6. The molecule has 0 radical (unpaired) electrons. The number of primary amides is 1. The second kappa shape index (κ2) is 4.91. The van der Waals surface area contributed by atoms with E-state index < -0.39 is 23.9 Å². The molecule has 1 heterocycles.